The highest BCUT2D eigenvalue weighted by atomic mass is 16.1. The molecule has 1 aromatic heterocycles. The molecular weight excluding hydrogens is 262 g/mol. The van der Waals surface area contributed by atoms with Gasteiger partial charge in [0, 0.05) is 35.4 Å². The van der Waals surface area contributed by atoms with Crippen LogP contribution in [0.15, 0.2) is 30.5 Å². The smallest absolute Gasteiger partial charge is 0.228 e. The number of nitrogens with two attached hydrogens (primary N) is 1. The van der Waals surface area contributed by atoms with Crippen molar-refractivity contribution in [1.29, 1.82) is 0 Å². The summed E-state index contributed by atoms with van der Waals surface area (Å²) in [5.41, 5.74) is 7.78. The third kappa shape index (κ3) is 3.64. The number of carbonyl (C=O) groups is 1. The van der Waals surface area contributed by atoms with Crippen molar-refractivity contribution in [2.24, 2.45) is 17.6 Å². The van der Waals surface area contributed by atoms with E-state index in [0.29, 0.717) is 5.92 Å². The van der Waals surface area contributed by atoms with Crippen molar-refractivity contribution < 1.29 is 4.79 Å². The topological polar surface area (TPSA) is 60.0 Å². The van der Waals surface area contributed by atoms with E-state index in [1.807, 2.05) is 26.0 Å². The Balaban J connectivity index is 2.18. The van der Waals surface area contributed by atoms with Crippen molar-refractivity contribution in [3.63, 3.8) is 0 Å². The van der Waals surface area contributed by atoms with E-state index in [1.165, 1.54) is 5.52 Å². The number of nitrogens with zero attached hydrogens (tertiary/aromatic N) is 1. The average molecular weight is 287 g/mol. The van der Waals surface area contributed by atoms with Crippen LogP contribution in [0.3, 0.4) is 0 Å². The fourth-order valence-electron chi connectivity index (χ4n) is 2.33. The van der Waals surface area contributed by atoms with Gasteiger partial charge in [0.2, 0.25) is 5.91 Å². The predicted molar refractivity (Wildman–Crippen MR) is 88.2 cm³/mol. The summed E-state index contributed by atoms with van der Waals surface area (Å²) in [5.74, 6) is 0.365. The minimum Gasteiger partial charge on any atom is -0.347 e. The van der Waals surface area contributed by atoms with Crippen LogP contribution >= 0.6 is 0 Å². The molecule has 0 bridgehead atoms. The SMILES string of the molecule is CC(C)Cn1ccc2cc(NC(=O)C(C)C(C)N)ccc21. The molecule has 0 fully saturated rings. The van der Waals surface area contributed by atoms with Crippen LogP contribution in [0.1, 0.15) is 27.7 Å². The normalized spacial score (nSPS) is 14.4. The third-order valence-electron chi connectivity index (χ3n) is 3.80. The highest BCUT2D eigenvalue weighted by Crippen LogP contribution is 2.22. The number of carbonyl (C=O) groups excluding carboxylic acids is 1. The summed E-state index contributed by atoms with van der Waals surface area (Å²) in [6.45, 7) is 9.10. The van der Waals surface area contributed by atoms with Gasteiger partial charge in [0.05, 0.1) is 5.92 Å². The highest BCUT2D eigenvalue weighted by Gasteiger charge is 2.17. The molecule has 1 amide bonds. The van der Waals surface area contributed by atoms with Crippen molar-refractivity contribution in [3.8, 4) is 0 Å². The molecule has 114 valence electrons. The number of rotatable bonds is 5. The van der Waals surface area contributed by atoms with Gasteiger partial charge in [-0.15, -0.1) is 0 Å². The quantitative estimate of drug-likeness (QED) is 0.887. The Morgan fingerprint density at radius 2 is 1.95 bits per heavy atom. The Morgan fingerprint density at radius 1 is 1.24 bits per heavy atom. The van der Waals surface area contributed by atoms with Gasteiger partial charge < -0.3 is 15.6 Å². The number of aromatic nitrogens is 1. The number of benzene rings is 1. The molecule has 4 nitrogen and oxygen atoms in total. The summed E-state index contributed by atoms with van der Waals surface area (Å²) in [6, 6.07) is 7.95. The molecule has 0 aliphatic heterocycles. The molecule has 0 aliphatic carbocycles. The zero-order valence-electron chi connectivity index (χ0n) is 13.3. The number of fused-ring (bicyclic) bond motifs is 1. The van der Waals surface area contributed by atoms with Gasteiger partial charge >= 0.3 is 0 Å². The van der Waals surface area contributed by atoms with Crippen LogP contribution in [0, 0.1) is 11.8 Å². The van der Waals surface area contributed by atoms with Crippen molar-refractivity contribution >= 4 is 22.5 Å². The molecule has 0 spiro atoms. The van der Waals surface area contributed by atoms with E-state index in [-0.39, 0.29) is 17.9 Å². The first-order chi connectivity index (χ1) is 9.88. The van der Waals surface area contributed by atoms with Gasteiger partial charge in [0.15, 0.2) is 0 Å². The van der Waals surface area contributed by atoms with E-state index in [0.717, 1.165) is 17.6 Å². The first-order valence-corrected chi connectivity index (χ1v) is 7.54. The van der Waals surface area contributed by atoms with Crippen molar-refractivity contribution in [1.82, 2.24) is 4.57 Å². The Bertz CT molecular complexity index is 628. The molecule has 0 aliphatic rings. The van der Waals surface area contributed by atoms with Gasteiger partial charge in [-0.3, -0.25) is 4.79 Å². The number of anilines is 1. The molecule has 3 N–H and O–H groups in total. The molecule has 1 heterocycles. The van der Waals surface area contributed by atoms with Crippen molar-refractivity contribution in [2.75, 3.05) is 5.32 Å². The lowest BCUT2D eigenvalue weighted by molar-refractivity contribution is -0.119. The zero-order chi connectivity index (χ0) is 15.6. The van der Waals surface area contributed by atoms with Crippen LogP contribution in [-0.2, 0) is 11.3 Å². The largest absolute Gasteiger partial charge is 0.347 e. The van der Waals surface area contributed by atoms with Crippen LogP contribution in [-0.4, -0.2) is 16.5 Å². The van der Waals surface area contributed by atoms with Gasteiger partial charge in [0.1, 0.15) is 0 Å². The predicted octanol–water partition coefficient (Wildman–Crippen LogP) is 3.22. The molecule has 21 heavy (non-hydrogen) atoms. The average Bonchev–Trinajstić information content (AvgIpc) is 2.79. The van der Waals surface area contributed by atoms with E-state index >= 15 is 0 Å². The first kappa shape index (κ1) is 15.6. The van der Waals surface area contributed by atoms with Gasteiger partial charge in [-0.2, -0.15) is 0 Å². The Labute approximate surface area is 126 Å². The summed E-state index contributed by atoms with van der Waals surface area (Å²) in [6.07, 6.45) is 2.10. The van der Waals surface area contributed by atoms with Crippen molar-refractivity contribution in [3.05, 3.63) is 30.5 Å². The van der Waals surface area contributed by atoms with E-state index in [9.17, 15) is 4.79 Å². The third-order valence-corrected chi connectivity index (χ3v) is 3.80. The second kappa shape index (κ2) is 6.31. The molecule has 4 heteroatoms. The number of hydrogen-bond donors (Lipinski definition) is 2. The lowest BCUT2D eigenvalue weighted by Crippen LogP contribution is -2.34. The minimum absolute atomic E-state index is 0.0361. The Hall–Kier alpha value is -1.81. The molecule has 2 rings (SSSR count). The molecule has 2 unspecified atom stereocenters. The number of nitrogens with one attached hydrogen (secondary N) is 1. The molecule has 2 atom stereocenters. The summed E-state index contributed by atoms with van der Waals surface area (Å²) >= 11 is 0. The van der Waals surface area contributed by atoms with E-state index in [1.54, 1.807) is 0 Å². The minimum atomic E-state index is -0.203. The summed E-state index contributed by atoms with van der Waals surface area (Å²) in [5, 5.41) is 4.08. The standard InChI is InChI=1S/C17H25N3O/c1-11(2)10-20-8-7-14-9-15(5-6-16(14)20)19-17(21)12(3)13(4)18/h5-9,11-13H,10,18H2,1-4H3,(H,19,21). The summed E-state index contributed by atoms with van der Waals surface area (Å²) < 4.78 is 2.25. The summed E-state index contributed by atoms with van der Waals surface area (Å²) in [7, 11) is 0. The fraction of sp³-hybridized carbons (Fsp3) is 0.471. The van der Waals surface area contributed by atoms with Crippen LogP contribution < -0.4 is 11.1 Å². The van der Waals surface area contributed by atoms with Gasteiger partial charge in [0.25, 0.3) is 0 Å². The van der Waals surface area contributed by atoms with Gasteiger partial charge in [-0.25, -0.2) is 0 Å². The lowest BCUT2D eigenvalue weighted by Gasteiger charge is -2.15. The lowest BCUT2D eigenvalue weighted by atomic mass is 10.0. The molecule has 0 saturated heterocycles. The maximum Gasteiger partial charge on any atom is 0.228 e. The molecule has 1 aromatic carbocycles. The number of amides is 1. The monoisotopic (exact) mass is 287 g/mol. The second-order valence-electron chi connectivity index (χ2n) is 6.27. The summed E-state index contributed by atoms with van der Waals surface area (Å²) in [4.78, 5) is 12.0. The Morgan fingerprint density at radius 3 is 2.57 bits per heavy atom. The Kier molecular flexibility index (Phi) is 4.68. The van der Waals surface area contributed by atoms with E-state index < -0.39 is 0 Å². The second-order valence-corrected chi connectivity index (χ2v) is 6.27. The highest BCUT2D eigenvalue weighted by molar-refractivity contribution is 5.95. The first-order valence-electron chi connectivity index (χ1n) is 7.54. The molecule has 0 saturated carbocycles. The maximum atomic E-state index is 12.0. The van der Waals surface area contributed by atoms with Crippen LogP contribution in [0.4, 0.5) is 5.69 Å². The van der Waals surface area contributed by atoms with Crippen molar-refractivity contribution in [2.45, 2.75) is 40.3 Å². The van der Waals surface area contributed by atoms with E-state index in [4.69, 9.17) is 5.73 Å². The molecule has 2 aromatic rings. The van der Waals surface area contributed by atoms with Gasteiger partial charge in [-0.05, 0) is 37.1 Å². The van der Waals surface area contributed by atoms with Crippen LogP contribution in [0.25, 0.3) is 10.9 Å². The van der Waals surface area contributed by atoms with Crippen LogP contribution in [0.2, 0.25) is 0 Å². The van der Waals surface area contributed by atoms with E-state index in [2.05, 4.69) is 42.1 Å². The van der Waals surface area contributed by atoms with Crippen LogP contribution in [0.5, 0.6) is 0 Å². The molecular formula is C17H25N3O. The zero-order valence-corrected chi connectivity index (χ0v) is 13.3. The van der Waals surface area contributed by atoms with Gasteiger partial charge in [-0.1, -0.05) is 20.8 Å². The number of hydrogen-bond acceptors (Lipinski definition) is 2. The maximum absolute atomic E-state index is 12.0. The molecule has 0 radical (unpaired) electrons. The fourth-order valence-corrected chi connectivity index (χ4v) is 2.33.